The van der Waals surface area contributed by atoms with Crippen molar-refractivity contribution in [2.24, 2.45) is 0 Å². The van der Waals surface area contributed by atoms with Gasteiger partial charge in [-0.2, -0.15) is 0 Å². The lowest BCUT2D eigenvalue weighted by molar-refractivity contribution is 1.51. The summed E-state index contributed by atoms with van der Waals surface area (Å²) >= 11 is 0. The largest absolute Gasteiger partial charge is 0.0622 e. The van der Waals surface area contributed by atoms with Crippen molar-refractivity contribution in [3.63, 3.8) is 0 Å². The summed E-state index contributed by atoms with van der Waals surface area (Å²) < 4.78 is 0. The van der Waals surface area contributed by atoms with Gasteiger partial charge in [-0.15, -0.1) is 0 Å². The summed E-state index contributed by atoms with van der Waals surface area (Å²) in [4.78, 5) is 0. The summed E-state index contributed by atoms with van der Waals surface area (Å²) in [6.07, 6.45) is 0. The van der Waals surface area contributed by atoms with E-state index in [1.807, 2.05) is 0 Å². The van der Waals surface area contributed by atoms with Gasteiger partial charge in [-0.25, -0.2) is 0 Å². The highest BCUT2D eigenvalue weighted by Gasteiger charge is 2.32. The Balaban J connectivity index is 1.21. The second kappa shape index (κ2) is 20.9. The zero-order valence-corrected chi connectivity index (χ0v) is 45.2. The fourth-order valence-corrected chi connectivity index (χ4v) is 13.0. The van der Waals surface area contributed by atoms with Crippen LogP contribution < -0.4 is 0 Å². The van der Waals surface area contributed by atoms with Gasteiger partial charge >= 0.3 is 0 Å². The van der Waals surface area contributed by atoms with Crippen molar-refractivity contribution in [1.29, 1.82) is 0 Å². The van der Waals surface area contributed by atoms with Gasteiger partial charge in [0.25, 0.3) is 0 Å². The Morgan fingerprint density at radius 3 is 0.390 bits per heavy atom. The van der Waals surface area contributed by atoms with E-state index in [9.17, 15) is 0 Å². The van der Waals surface area contributed by atoms with Gasteiger partial charge in [-0.05, 0) is 191 Å². The minimum atomic E-state index is 1.13. The molecule has 0 unspecified atom stereocenters. The molecule has 0 nitrogen and oxygen atoms in total. The van der Waals surface area contributed by atoms with Crippen LogP contribution >= 0.6 is 0 Å². The van der Waals surface area contributed by atoms with Crippen molar-refractivity contribution >= 4 is 21.5 Å². The molecule has 0 amide bonds. The van der Waals surface area contributed by atoms with Gasteiger partial charge in [-0.3, -0.25) is 0 Å². The molecule has 0 aromatic heterocycles. The second-order valence-electron chi connectivity index (χ2n) is 21.4. The van der Waals surface area contributed by atoms with Crippen molar-refractivity contribution in [2.75, 3.05) is 0 Å². The topological polar surface area (TPSA) is 0 Å². The van der Waals surface area contributed by atoms with Crippen LogP contribution in [0.25, 0.3) is 155 Å². The van der Waals surface area contributed by atoms with Crippen LogP contribution in [0.3, 0.4) is 0 Å². The van der Waals surface area contributed by atoms with E-state index >= 15 is 0 Å². The van der Waals surface area contributed by atoms with Crippen molar-refractivity contribution in [3.8, 4) is 134 Å². The molecule has 0 fully saturated rings. The van der Waals surface area contributed by atoms with E-state index < -0.39 is 0 Å². The minimum absolute atomic E-state index is 1.13. The molecule has 14 aromatic carbocycles. The fourth-order valence-electron chi connectivity index (χ4n) is 13.0. The molecule has 18 rings (SSSR count). The minimum Gasteiger partial charge on any atom is -0.0622 e. The second-order valence-corrected chi connectivity index (χ2v) is 21.4. The third-order valence-corrected chi connectivity index (χ3v) is 16.4. The van der Waals surface area contributed by atoms with Crippen molar-refractivity contribution in [1.82, 2.24) is 0 Å². The molecule has 0 heterocycles. The molecule has 82 heavy (non-hydrogen) atoms. The highest BCUT2D eigenvalue weighted by Crippen LogP contribution is 2.59. The van der Waals surface area contributed by atoms with Gasteiger partial charge in [0.15, 0.2) is 0 Å². The molecule has 0 radical (unpaired) electrons. The van der Waals surface area contributed by atoms with Crippen LogP contribution in [0, 0.1) is 0 Å². The first kappa shape index (κ1) is 48.5. The lowest BCUT2D eigenvalue weighted by Crippen LogP contribution is -2.03. The van der Waals surface area contributed by atoms with E-state index in [-0.39, 0.29) is 0 Å². The molecule has 14 aromatic rings. The van der Waals surface area contributed by atoms with E-state index in [4.69, 9.17) is 0 Å². The predicted octanol–water partition coefficient (Wildman–Crippen LogP) is 22.9. The van der Waals surface area contributed by atoms with E-state index in [1.165, 1.54) is 66.8 Å². The van der Waals surface area contributed by atoms with Crippen LogP contribution in [-0.4, -0.2) is 0 Å². The Hall–Kier alpha value is -10.7. The van der Waals surface area contributed by atoms with E-state index in [0.717, 1.165) is 88.3 Å². The lowest BCUT2D eigenvalue weighted by Gasteiger charge is -2.30. The van der Waals surface area contributed by atoms with Crippen LogP contribution in [0.2, 0.25) is 0 Å². The Kier molecular flexibility index (Phi) is 12.3. The molecule has 0 aliphatic heterocycles. The van der Waals surface area contributed by atoms with Crippen molar-refractivity contribution in [3.05, 3.63) is 328 Å². The maximum atomic E-state index is 2.42. The number of rotatable bonds is 8. The maximum Gasteiger partial charge on any atom is -0.00134 e. The molecule has 382 valence electrons. The molecular weight excluding hydrogens is 985 g/mol. The first-order chi connectivity index (χ1) is 40.7. The van der Waals surface area contributed by atoms with E-state index in [2.05, 4.69) is 328 Å². The highest BCUT2D eigenvalue weighted by atomic mass is 14.3. The third-order valence-electron chi connectivity index (χ3n) is 16.4. The van der Waals surface area contributed by atoms with Gasteiger partial charge in [0.2, 0.25) is 0 Å². The van der Waals surface area contributed by atoms with Crippen LogP contribution in [0.15, 0.2) is 328 Å². The average Bonchev–Trinajstić information content (AvgIpc) is 3.71. The average molecular weight is 1040 g/mol. The summed E-state index contributed by atoms with van der Waals surface area (Å²) in [6.45, 7) is 0. The van der Waals surface area contributed by atoms with Gasteiger partial charge in [0, 0.05) is 0 Å². The maximum absolute atomic E-state index is 2.42. The number of benzene rings is 13. The zero-order chi connectivity index (χ0) is 54.3. The Bertz CT molecular complexity index is 4330. The molecule has 0 saturated heterocycles. The molecule has 8 bridgehead atoms. The van der Waals surface area contributed by atoms with Crippen LogP contribution in [0.1, 0.15) is 0 Å². The monoisotopic (exact) mass is 1040 g/mol. The van der Waals surface area contributed by atoms with Crippen LogP contribution in [0.4, 0.5) is 0 Å². The van der Waals surface area contributed by atoms with Gasteiger partial charge in [0.05, 0.1) is 0 Å². The lowest BCUT2D eigenvalue weighted by atomic mass is 9.73. The first-order valence-electron chi connectivity index (χ1n) is 28.4. The van der Waals surface area contributed by atoms with Crippen LogP contribution in [-0.2, 0) is 0 Å². The molecule has 0 heteroatoms. The quantitative estimate of drug-likeness (QED) is 0.142. The summed E-state index contributed by atoms with van der Waals surface area (Å²) in [6, 6.07) is 122. The summed E-state index contributed by atoms with van der Waals surface area (Å²) in [5.41, 5.74) is 28.0. The summed E-state index contributed by atoms with van der Waals surface area (Å²) in [7, 11) is 0. The predicted molar refractivity (Wildman–Crippen MR) is 349 cm³/mol. The molecule has 0 saturated carbocycles. The third kappa shape index (κ3) is 8.66. The normalized spacial score (nSPS) is 11.4. The Labute approximate surface area is 479 Å². The zero-order valence-electron chi connectivity index (χ0n) is 45.2. The smallest absolute Gasteiger partial charge is 0.00134 e. The van der Waals surface area contributed by atoms with Crippen LogP contribution in [0.5, 0.6) is 0 Å². The summed E-state index contributed by atoms with van der Waals surface area (Å²) in [5.74, 6) is 0. The van der Waals surface area contributed by atoms with E-state index in [0.29, 0.717) is 0 Å². The standard InChI is InChI=1S/C82H54/c1-9-25-59(26-10-1)71-73(61-29-13-3-14-30-61)77(65-37-21-7-22-38-65)81-69-51-55-41-43-57-50-58(44-42-56(49-55)52-69)54-70(53-57)82-78(66-39-23-8-24-40-66)74(62-31-15-4-16-32-62)72(60-27-11-2-12-28-60)76(64-35-19-6-20-36-64)80(82)68-47-45-67(46-48-68)79(81)75(71)63-33-17-5-18-34-63/h1-54H. The number of hydrogen-bond acceptors (Lipinski definition) is 0. The first-order valence-corrected chi connectivity index (χ1v) is 28.4. The molecule has 0 N–H and O–H groups in total. The SMILES string of the molecule is c1ccc(-c2c(-c3ccccc3)c(-c3ccccc3)c3c(c2-c2ccccc2)-c2ccc(cc2)-c2c(-c4ccccc4)c(-c4ccccc4)c(-c4ccccc4)c(-c4ccccc4)c2-c2cc4ccc5cc-3cc(ccc(c2)c4)c5)cc1. The van der Waals surface area contributed by atoms with Gasteiger partial charge in [0.1, 0.15) is 0 Å². The molecule has 4 aliphatic rings. The molecule has 0 atom stereocenters. The van der Waals surface area contributed by atoms with E-state index in [1.54, 1.807) is 0 Å². The number of hydrogen-bond donors (Lipinski definition) is 0. The molecular formula is C82H54. The molecule has 0 spiro atoms. The Morgan fingerprint density at radius 1 is 0.0976 bits per heavy atom. The van der Waals surface area contributed by atoms with Gasteiger partial charge in [-0.1, -0.05) is 291 Å². The van der Waals surface area contributed by atoms with Gasteiger partial charge < -0.3 is 0 Å². The fraction of sp³-hybridized carbons (Fsp3) is 0. The van der Waals surface area contributed by atoms with Crippen molar-refractivity contribution in [2.45, 2.75) is 0 Å². The highest BCUT2D eigenvalue weighted by molar-refractivity contribution is 6.18. The van der Waals surface area contributed by atoms with Crippen molar-refractivity contribution < 1.29 is 0 Å². The molecule has 4 aliphatic carbocycles. The summed E-state index contributed by atoms with van der Waals surface area (Å²) in [5, 5.41) is 4.51. The Morgan fingerprint density at radius 2 is 0.232 bits per heavy atom.